The van der Waals surface area contributed by atoms with Crippen molar-refractivity contribution >= 4 is 33.5 Å². The second kappa shape index (κ2) is 8.24. The highest BCUT2D eigenvalue weighted by atomic mass is 32.1. The van der Waals surface area contributed by atoms with Gasteiger partial charge in [0.25, 0.3) is 0 Å². The molecule has 4 rings (SSSR count). The summed E-state index contributed by atoms with van der Waals surface area (Å²) < 4.78 is 12.0. The molecule has 0 saturated carbocycles. The number of benzene rings is 1. The zero-order valence-corrected chi connectivity index (χ0v) is 17.5. The SMILES string of the molecule is CN=C(NCc1ccc(-c2nc3ccccc3s2)o1)N1CC(C)C(C(=O)OC)C1. The number of methoxy groups -OCH3 is 1. The van der Waals surface area contributed by atoms with Crippen molar-refractivity contribution < 1.29 is 13.9 Å². The largest absolute Gasteiger partial charge is 0.469 e. The Hall–Kier alpha value is -2.87. The van der Waals surface area contributed by atoms with Gasteiger partial charge in [-0.3, -0.25) is 9.79 Å². The van der Waals surface area contributed by atoms with Crippen molar-refractivity contribution in [2.75, 3.05) is 27.2 Å². The maximum absolute atomic E-state index is 11.9. The Labute approximate surface area is 173 Å². The highest BCUT2D eigenvalue weighted by Crippen LogP contribution is 2.31. The number of aliphatic imine (C=N–C) groups is 1. The van der Waals surface area contributed by atoms with Crippen molar-refractivity contribution in [2.45, 2.75) is 13.5 Å². The Kier molecular flexibility index (Phi) is 5.53. The molecule has 2 aromatic heterocycles. The van der Waals surface area contributed by atoms with Crippen molar-refractivity contribution in [3.05, 3.63) is 42.2 Å². The van der Waals surface area contributed by atoms with Gasteiger partial charge in [-0.25, -0.2) is 4.98 Å². The fourth-order valence-corrected chi connectivity index (χ4v) is 4.59. The molecule has 1 saturated heterocycles. The fourth-order valence-electron chi connectivity index (χ4n) is 3.66. The summed E-state index contributed by atoms with van der Waals surface area (Å²) in [6.07, 6.45) is 0. The number of furan rings is 1. The van der Waals surface area contributed by atoms with Crippen LogP contribution < -0.4 is 5.32 Å². The van der Waals surface area contributed by atoms with Crippen LogP contribution in [0.3, 0.4) is 0 Å². The second-order valence-corrected chi connectivity index (χ2v) is 8.20. The van der Waals surface area contributed by atoms with Gasteiger partial charge in [-0.15, -0.1) is 11.3 Å². The van der Waals surface area contributed by atoms with Gasteiger partial charge in [0.2, 0.25) is 0 Å². The predicted octanol–water partition coefficient (Wildman–Crippen LogP) is 3.37. The monoisotopic (exact) mass is 412 g/mol. The number of rotatable bonds is 4. The Morgan fingerprint density at radius 1 is 1.34 bits per heavy atom. The summed E-state index contributed by atoms with van der Waals surface area (Å²) in [4.78, 5) is 23.0. The van der Waals surface area contributed by atoms with Crippen LogP contribution in [0.5, 0.6) is 0 Å². The first kappa shape index (κ1) is 19.4. The van der Waals surface area contributed by atoms with Gasteiger partial charge in [-0.05, 0) is 30.2 Å². The van der Waals surface area contributed by atoms with E-state index < -0.39 is 0 Å². The molecule has 3 heterocycles. The number of ether oxygens (including phenoxy) is 1. The lowest BCUT2D eigenvalue weighted by Gasteiger charge is -2.21. The summed E-state index contributed by atoms with van der Waals surface area (Å²) >= 11 is 1.62. The molecule has 29 heavy (non-hydrogen) atoms. The van der Waals surface area contributed by atoms with E-state index in [9.17, 15) is 4.79 Å². The van der Waals surface area contributed by atoms with Crippen LogP contribution >= 0.6 is 11.3 Å². The van der Waals surface area contributed by atoms with E-state index in [1.165, 1.54) is 7.11 Å². The topological polar surface area (TPSA) is 80.0 Å². The van der Waals surface area contributed by atoms with Crippen molar-refractivity contribution in [1.29, 1.82) is 0 Å². The molecule has 2 atom stereocenters. The maximum Gasteiger partial charge on any atom is 0.310 e. The maximum atomic E-state index is 11.9. The number of para-hydroxylation sites is 1. The minimum atomic E-state index is -0.165. The number of nitrogens with zero attached hydrogens (tertiary/aromatic N) is 3. The van der Waals surface area contributed by atoms with E-state index in [1.807, 2.05) is 30.3 Å². The van der Waals surface area contributed by atoms with Crippen molar-refractivity contribution in [2.24, 2.45) is 16.8 Å². The van der Waals surface area contributed by atoms with Gasteiger partial charge in [-0.2, -0.15) is 0 Å². The lowest BCUT2D eigenvalue weighted by atomic mass is 9.99. The number of nitrogens with one attached hydrogen (secondary N) is 1. The van der Waals surface area contributed by atoms with Crippen LogP contribution in [0.25, 0.3) is 21.0 Å². The summed E-state index contributed by atoms with van der Waals surface area (Å²) in [6.45, 7) is 3.92. The molecule has 1 aromatic carbocycles. The molecule has 2 unspecified atom stereocenters. The zero-order valence-electron chi connectivity index (χ0n) is 16.7. The molecule has 0 aliphatic carbocycles. The molecule has 1 aliphatic heterocycles. The predicted molar refractivity (Wildman–Crippen MR) is 114 cm³/mol. The van der Waals surface area contributed by atoms with Gasteiger partial charge < -0.3 is 19.4 Å². The smallest absolute Gasteiger partial charge is 0.310 e. The highest BCUT2D eigenvalue weighted by molar-refractivity contribution is 7.21. The van der Waals surface area contributed by atoms with Gasteiger partial charge in [0.15, 0.2) is 16.7 Å². The quantitative estimate of drug-likeness (QED) is 0.402. The Morgan fingerprint density at radius 2 is 2.17 bits per heavy atom. The first-order valence-corrected chi connectivity index (χ1v) is 10.4. The third kappa shape index (κ3) is 3.98. The number of likely N-dealkylation sites (tertiary alicyclic amines) is 1. The standard InChI is InChI=1S/C21H24N4O3S/c1-13-11-25(12-15(13)20(26)27-3)21(22-2)23-10-14-8-9-17(28-14)19-24-16-6-4-5-7-18(16)29-19/h4-9,13,15H,10-12H2,1-3H3,(H,22,23). The van der Waals surface area contributed by atoms with Crippen LogP contribution in [0, 0.1) is 11.8 Å². The molecule has 0 spiro atoms. The molecular formula is C21H24N4O3S. The van der Waals surface area contributed by atoms with Crippen LogP contribution in [-0.2, 0) is 16.1 Å². The molecule has 152 valence electrons. The van der Waals surface area contributed by atoms with E-state index in [0.29, 0.717) is 13.1 Å². The lowest BCUT2D eigenvalue weighted by molar-refractivity contribution is -0.145. The van der Waals surface area contributed by atoms with Crippen molar-refractivity contribution in [3.8, 4) is 10.8 Å². The first-order chi connectivity index (χ1) is 14.1. The van der Waals surface area contributed by atoms with Crippen LogP contribution in [-0.4, -0.2) is 49.1 Å². The van der Waals surface area contributed by atoms with E-state index in [-0.39, 0.29) is 17.8 Å². The minimum absolute atomic E-state index is 0.132. The van der Waals surface area contributed by atoms with Crippen LogP contribution in [0.2, 0.25) is 0 Å². The van der Waals surface area contributed by atoms with E-state index in [1.54, 1.807) is 18.4 Å². The molecule has 1 aliphatic rings. The van der Waals surface area contributed by atoms with Gasteiger partial charge >= 0.3 is 5.97 Å². The number of aromatic nitrogens is 1. The van der Waals surface area contributed by atoms with Gasteiger partial charge in [-0.1, -0.05) is 19.1 Å². The molecule has 0 radical (unpaired) electrons. The molecule has 3 aromatic rings. The highest BCUT2D eigenvalue weighted by Gasteiger charge is 2.36. The number of hydrogen-bond donors (Lipinski definition) is 1. The minimum Gasteiger partial charge on any atom is -0.469 e. The van der Waals surface area contributed by atoms with Crippen LogP contribution in [0.15, 0.2) is 45.8 Å². The van der Waals surface area contributed by atoms with Gasteiger partial charge in [0.05, 0.1) is 29.8 Å². The molecule has 8 heteroatoms. The summed E-state index contributed by atoms with van der Waals surface area (Å²) in [5.41, 5.74) is 0.979. The number of hydrogen-bond acceptors (Lipinski definition) is 6. The summed E-state index contributed by atoms with van der Waals surface area (Å²) in [5, 5.41) is 4.20. The number of carbonyl (C=O) groups is 1. The second-order valence-electron chi connectivity index (χ2n) is 7.17. The summed E-state index contributed by atoms with van der Waals surface area (Å²) in [7, 11) is 3.18. The van der Waals surface area contributed by atoms with Crippen LogP contribution in [0.1, 0.15) is 12.7 Å². The molecule has 0 bridgehead atoms. The Morgan fingerprint density at radius 3 is 2.93 bits per heavy atom. The first-order valence-electron chi connectivity index (χ1n) is 9.57. The van der Waals surface area contributed by atoms with Crippen molar-refractivity contribution in [3.63, 3.8) is 0 Å². The van der Waals surface area contributed by atoms with E-state index >= 15 is 0 Å². The Bertz CT molecular complexity index is 1010. The van der Waals surface area contributed by atoms with Gasteiger partial charge in [0, 0.05) is 20.1 Å². The normalized spacial score (nSPS) is 19.7. The third-order valence-corrected chi connectivity index (χ3v) is 6.27. The summed E-state index contributed by atoms with van der Waals surface area (Å²) in [5.74, 6) is 2.24. The van der Waals surface area contributed by atoms with E-state index in [2.05, 4.69) is 33.2 Å². The molecule has 7 nitrogen and oxygen atoms in total. The fraction of sp³-hybridized carbons (Fsp3) is 0.381. The molecular weight excluding hydrogens is 388 g/mol. The van der Waals surface area contributed by atoms with E-state index in [4.69, 9.17) is 9.15 Å². The molecule has 1 N–H and O–H groups in total. The van der Waals surface area contributed by atoms with E-state index in [0.717, 1.165) is 39.2 Å². The molecule has 1 fully saturated rings. The average Bonchev–Trinajstić information content (AvgIpc) is 3.45. The average molecular weight is 413 g/mol. The number of esters is 1. The summed E-state index contributed by atoms with van der Waals surface area (Å²) in [6, 6.07) is 12.0. The zero-order chi connectivity index (χ0) is 20.4. The number of carbonyl (C=O) groups excluding carboxylic acids is 1. The lowest BCUT2D eigenvalue weighted by Crippen LogP contribution is -2.40. The third-order valence-electron chi connectivity index (χ3n) is 5.21. The molecule has 0 amide bonds. The number of fused-ring (bicyclic) bond motifs is 1. The number of guanidine groups is 1. The van der Waals surface area contributed by atoms with Crippen LogP contribution in [0.4, 0.5) is 0 Å². The number of thiazole rings is 1. The Balaban J connectivity index is 1.40. The van der Waals surface area contributed by atoms with Crippen molar-refractivity contribution in [1.82, 2.24) is 15.2 Å². The van der Waals surface area contributed by atoms with Gasteiger partial charge in [0.1, 0.15) is 5.76 Å².